The monoisotopic (exact) mass is 649 g/mol. The van der Waals surface area contributed by atoms with Gasteiger partial charge in [0.25, 0.3) is 0 Å². The molecule has 0 fully saturated rings. The maximum absolute atomic E-state index is 4.97. The largest absolute Gasteiger partial charge is 0.380 e. The normalized spacial score (nSPS) is 16.6. The summed E-state index contributed by atoms with van der Waals surface area (Å²) < 4.78 is 1.35. The summed E-state index contributed by atoms with van der Waals surface area (Å²) in [6.45, 7) is 6.25. The van der Waals surface area contributed by atoms with Crippen LogP contribution in [0.2, 0.25) is 0 Å². The van der Waals surface area contributed by atoms with Crippen molar-refractivity contribution >= 4 is 76.4 Å². The van der Waals surface area contributed by atoms with Gasteiger partial charge in [0.05, 0.1) is 11.6 Å². The standard InChI is InChI=1S/C45H35N3S/c1-3-29(26-46-28(2)35-12-8-14-39-37-11-5-7-17-43(37)49-45(35)39)30-18-19-32-25-33(21-20-31(32)24-30)34-22-23-41(47-27-34)40-15-9-13-38-36-10-4-6-16-42(36)48-44(38)40/h3-7,9-13,15-27,41,47-48H,1,8,14H2,2H3/b29-26+,46-28+. The number of allylic oxidation sites excluding steroid dienone is 6. The molecule has 4 heteroatoms. The van der Waals surface area contributed by atoms with E-state index in [1.54, 1.807) is 0 Å². The Hall–Kier alpha value is -5.71. The third-order valence-corrected chi connectivity index (χ3v) is 11.2. The number of aryl methyl sites for hydroxylation is 1. The van der Waals surface area contributed by atoms with Gasteiger partial charge in [-0.25, -0.2) is 0 Å². The molecule has 0 spiro atoms. The van der Waals surface area contributed by atoms with E-state index in [9.17, 15) is 0 Å². The summed E-state index contributed by atoms with van der Waals surface area (Å²) in [6.07, 6.45) is 15.0. The van der Waals surface area contributed by atoms with Crippen molar-refractivity contribution in [2.45, 2.75) is 25.8 Å². The van der Waals surface area contributed by atoms with E-state index in [0.717, 1.165) is 29.7 Å². The van der Waals surface area contributed by atoms with Crippen LogP contribution in [-0.2, 0) is 6.42 Å². The average molecular weight is 650 g/mol. The fraction of sp³-hybridized carbons (Fsp3) is 0.0889. The van der Waals surface area contributed by atoms with Crippen molar-refractivity contribution in [1.29, 1.82) is 0 Å². The molecule has 2 N–H and O–H groups in total. The van der Waals surface area contributed by atoms with Crippen LogP contribution in [0.15, 0.2) is 151 Å². The average Bonchev–Trinajstić information content (AvgIpc) is 3.73. The SMILES string of the molecule is C=C/C(=C\N=C(/C)C1=CCCc2c1sc1ccccc21)c1ccc2cc(C3=CNC(c4cccc5c4[nH]c4ccccc45)C=C3)ccc2c1. The number of aliphatic imine (C=N–C) groups is 1. The molecule has 1 unspecified atom stereocenters. The first-order chi connectivity index (χ1) is 24.1. The zero-order valence-electron chi connectivity index (χ0n) is 27.3. The molecule has 7 aromatic rings. The van der Waals surface area contributed by atoms with E-state index in [1.807, 2.05) is 23.6 Å². The van der Waals surface area contributed by atoms with Crippen LogP contribution in [0, 0.1) is 0 Å². The minimum absolute atomic E-state index is 0.0975. The number of hydrogen-bond donors (Lipinski definition) is 2. The number of fused-ring (bicyclic) bond motifs is 7. The second-order valence-corrected chi connectivity index (χ2v) is 13.9. The van der Waals surface area contributed by atoms with Crippen molar-refractivity contribution in [3.63, 3.8) is 0 Å². The van der Waals surface area contributed by atoms with Crippen molar-refractivity contribution in [1.82, 2.24) is 10.3 Å². The number of thiophene rings is 1. The van der Waals surface area contributed by atoms with Crippen molar-refractivity contribution < 1.29 is 0 Å². The number of nitrogens with zero attached hydrogens (tertiary/aromatic N) is 1. The first kappa shape index (κ1) is 29.4. The lowest BCUT2D eigenvalue weighted by molar-refractivity contribution is 0.754. The van der Waals surface area contributed by atoms with Crippen LogP contribution in [0.5, 0.6) is 0 Å². The lowest BCUT2D eigenvalue weighted by Gasteiger charge is -2.20. The van der Waals surface area contributed by atoms with E-state index in [4.69, 9.17) is 4.99 Å². The molecule has 2 aliphatic rings. The molecule has 1 aliphatic heterocycles. The summed E-state index contributed by atoms with van der Waals surface area (Å²) in [5, 5.41) is 9.96. The van der Waals surface area contributed by atoms with Crippen LogP contribution in [-0.4, -0.2) is 10.7 Å². The zero-order chi connectivity index (χ0) is 32.9. The number of H-pyrrole nitrogens is 1. The van der Waals surface area contributed by atoms with Crippen LogP contribution >= 0.6 is 11.3 Å². The molecule has 1 atom stereocenters. The smallest absolute Gasteiger partial charge is 0.0716 e. The van der Waals surface area contributed by atoms with Crippen molar-refractivity contribution in [2.24, 2.45) is 4.99 Å². The first-order valence-electron chi connectivity index (χ1n) is 16.9. The fourth-order valence-electron chi connectivity index (χ4n) is 7.43. The highest BCUT2D eigenvalue weighted by atomic mass is 32.1. The lowest BCUT2D eigenvalue weighted by atomic mass is 9.94. The molecule has 2 aromatic heterocycles. The van der Waals surface area contributed by atoms with E-state index in [-0.39, 0.29) is 6.04 Å². The molecule has 0 amide bonds. The number of hydrogen-bond acceptors (Lipinski definition) is 3. The Labute approximate surface area is 290 Å². The molecular formula is C45H35N3S. The van der Waals surface area contributed by atoms with Crippen LogP contribution < -0.4 is 5.32 Å². The van der Waals surface area contributed by atoms with E-state index < -0.39 is 0 Å². The molecule has 0 saturated heterocycles. The van der Waals surface area contributed by atoms with Crippen LogP contribution in [0.4, 0.5) is 0 Å². The quantitative estimate of drug-likeness (QED) is 0.137. The third-order valence-electron chi connectivity index (χ3n) is 9.99. The van der Waals surface area contributed by atoms with E-state index in [2.05, 4.69) is 151 Å². The summed E-state index contributed by atoms with van der Waals surface area (Å²) in [7, 11) is 0. The molecule has 236 valence electrons. The minimum Gasteiger partial charge on any atom is -0.380 e. The molecule has 9 rings (SSSR count). The first-order valence-corrected chi connectivity index (χ1v) is 17.7. The van der Waals surface area contributed by atoms with Gasteiger partial charge >= 0.3 is 0 Å². The second-order valence-electron chi connectivity index (χ2n) is 12.9. The van der Waals surface area contributed by atoms with Gasteiger partial charge in [-0.05, 0) is 88.0 Å². The van der Waals surface area contributed by atoms with Crippen LogP contribution in [0.25, 0.3) is 59.4 Å². The van der Waals surface area contributed by atoms with Gasteiger partial charge in [-0.3, -0.25) is 4.99 Å². The molecule has 0 radical (unpaired) electrons. The molecule has 5 aromatic carbocycles. The Morgan fingerprint density at radius 2 is 1.69 bits per heavy atom. The lowest BCUT2D eigenvalue weighted by Crippen LogP contribution is -2.16. The molecule has 1 aliphatic carbocycles. The highest BCUT2D eigenvalue weighted by molar-refractivity contribution is 7.20. The van der Waals surface area contributed by atoms with Gasteiger partial charge in [-0.2, -0.15) is 0 Å². The molecular weight excluding hydrogens is 615 g/mol. The number of rotatable bonds is 6. The van der Waals surface area contributed by atoms with E-state index in [0.29, 0.717) is 0 Å². The number of nitrogens with one attached hydrogen (secondary N) is 2. The zero-order valence-corrected chi connectivity index (χ0v) is 28.1. The van der Waals surface area contributed by atoms with E-state index in [1.165, 1.54) is 75.4 Å². The van der Waals surface area contributed by atoms with Gasteiger partial charge in [-0.1, -0.05) is 110 Å². The van der Waals surface area contributed by atoms with Gasteiger partial charge in [0.15, 0.2) is 0 Å². The number of para-hydroxylation sites is 2. The van der Waals surface area contributed by atoms with Gasteiger partial charge in [0.2, 0.25) is 0 Å². The Balaban J connectivity index is 0.952. The van der Waals surface area contributed by atoms with Gasteiger partial charge in [0, 0.05) is 55.1 Å². The van der Waals surface area contributed by atoms with Crippen LogP contribution in [0.3, 0.4) is 0 Å². The topological polar surface area (TPSA) is 40.2 Å². The number of dihydropyridines is 1. The second kappa shape index (κ2) is 12.1. The maximum atomic E-state index is 4.97. The molecule has 3 nitrogen and oxygen atoms in total. The summed E-state index contributed by atoms with van der Waals surface area (Å²) >= 11 is 1.88. The molecule has 0 bridgehead atoms. The maximum Gasteiger partial charge on any atom is 0.0716 e. The number of aromatic nitrogens is 1. The van der Waals surface area contributed by atoms with Crippen molar-refractivity contribution in [3.05, 3.63) is 174 Å². The van der Waals surface area contributed by atoms with Crippen molar-refractivity contribution in [2.75, 3.05) is 0 Å². The Morgan fingerprint density at radius 3 is 2.57 bits per heavy atom. The predicted molar refractivity (Wildman–Crippen MR) is 212 cm³/mol. The van der Waals surface area contributed by atoms with Gasteiger partial charge < -0.3 is 10.3 Å². The summed E-state index contributed by atoms with van der Waals surface area (Å²) in [4.78, 5) is 9.98. The third kappa shape index (κ3) is 5.16. The number of benzene rings is 5. The highest BCUT2D eigenvalue weighted by Gasteiger charge is 2.20. The van der Waals surface area contributed by atoms with Gasteiger partial charge in [0.1, 0.15) is 0 Å². The number of aromatic amines is 1. The summed E-state index contributed by atoms with van der Waals surface area (Å²) in [6, 6.07) is 37.2. The summed E-state index contributed by atoms with van der Waals surface area (Å²) in [5.41, 5.74) is 11.8. The van der Waals surface area contributed by atoms with Crippen LogP contribution in [0.1, 0.15) is 46.5 Å². The Bertz CT molecular complexity index is 2620. The molecule has 0 saturated carbocycles. The Morgan fingerprint density at radius 1 is 0.878 bits per heavy atom. The molecule has 3 heterocycles. The van der Waals surface area contributed by atoms with E-state index >= 15 is 0 Å². The predicted octanol–water partition coefficient (Wildman–Crippen LogP) is 11.9. The van der Waals surface area contributed by atoms with Gasteiger partial charge in [-0.15, -0.1) is 11.3 Å². The minimum atomic E-state index is 0.0975. The Kier molecular flexibility index (Phi) is 7.25. The highest BCUT2D eigenvalue weighted by Crippen LogP contribution is 2.40. The molecule has 49 heavy (non-hydrogen) atoms. The summed E-state index contributed by atoms with van der Waals surface area (Å²) in [5.74, 6) is 0. The van der Waals surface area contributed by atoms with Crippen molar-refractivity contribution in [3.8, 4) is 0 Å². The fourth-order valence-corrected chi connectivity index (χ4v) is 8.77.